The number of likely N-dealkylation sites (N-methyl/N-ethyl adjacent to an activating group) is 1. The molecule has 10 heteroatoms. The molecule has 0 aromatic rings. The van der Waals surface area contributed by atoms with E-state index in [4.69, 9.17) is 9.47 Å². The van der Waals surface area contributed by atoms with E-state index in [1.807, 2.05) is 0 Å². The Morgan fingerprint density at radius 2 is 0.889 bits per heavy atom. The first kappa shape index (κ1) is 51.8. The maximum atomic E-state index is 12.7. The summed E-state index contributed by atoms with van der Waals surface area (Å²) in [6.07, 6.45) is 36.1. The maximum Gasteiger partial charge on any atom is 0.320 e. The molecule has 10 nitrogen and oxygen atoms in total. The van der Waals surface area contributed by atoms with Crippen LogP contribution in [0.2, 0.25) is 0 Å². The van der Waals surface area contributed by atoms with Crippen molar-refractivity contribution in [2.75, 3.05) is 20.2 Å². The second-order valence-electron chi connectivity index (χ2n) is 15.6. The fourth-order valence-electron chi connectivity index (χ4n) is 6.77. The Balaban J connectivity index is 4.31. The first-order valence-corrected chi connectivity index (χ1v) is 22.5. The van der Waals surface area contributed by atoms with Gasteiger partial charge in [0.2, 0.25) is 5.91 Å². The van der Waals surface area contributed by atoms with Crippen LogP contribution in [0.15, 0.2) is 0 Å². The molecule has 1 amide bonds. The summed E-state index contributed by atoms with van der Waals surface area (Å²) < 4.78 is 11.0. The van der Waals surface area contributed by atoms with Crippen molar-refractivity contribution >= 4 is 23.8 Å². The average Bonchev–Trinajstić information content (AvgIpc) is 3.14. The number of ether oxygens (including phenoxy) is 2. The zero-order valence-corrected chi connectivity index (χ0v) is 35.2. The fraction of sp³-hybridized carbons (Fsp3) is 0.909. The molecule has 0 rings (SSSR count). The molecule has 2 unspecified atom stereocenters. The van der Waals surface area contributed by atoms with Crippen LogP contribution in [0.4, 0.5) is 0 Å². The third kappa shape index (κ3) is 35.5. The van der Waals surface area contributed by atoms with Crippen molar-refractivity contribution in [1.29, 1.82) is 0 Å². The van der Waals surface area contributed by atoms with Crippen LogP contribution in [0, 0.1) is 5.21 Å². The van der Waals surface area contributed by atoms with E-state index in [2.05, 4.69) is 19.2 Å². The Morgan fingerprint density at radius 1 is 0.556 bits per heavy atom. The lowest BCUT2D eigenvalue weighted by atomic mass is 10.0. The van der Waals surface area contributed by atoms with Gasteiger partial charge in [-0.2, -0.15) is 0 Å². The summed E-state index contributed by atoms with van der Waals surface area (Å²) in [7, 11) is 1.05. The largest absolute Gasteiger partial charge is 0.785 e. The molecule has 2 N–H and O–H groups in total. The Bertz CT molecular complexity index is 900. The van der Waals surface area contributed by atoms with Gasteiger partial charge in [-0.25, -0.2) is 0 Å². The van der Waals surface area contributed by atoms with Crippen molar-refractivity contribution in [3.63, 3.8) is 0 Å². The van der Waals surface area contributed by atoms with E-state index in [-0.39, 0.29) is 37.0 Å². The minimum absolute atomic E-state index is 0.148. The van der Waals surface area contributed by atoms with Crippen LogP contribution < -0.4 is 5.32 Å². The molecule has 0 bridgehead atoms. The third-order valence-electron chi connectivity index (χ3n) is 10.3. The number of carbonyl (C=O) groups excluding carboxylic acids is 3. The quantitative estimate of drug-likeness (QED) is 0.0352. The lowest BCUT2D eigenvalue weighted by Crippen LogP contribution is -2.43. The summed E-state index contributed by atoms with van der Waals surface area (Å²) in [4.78, 5) is 48.9. The summed E-state index contributed by atoms with van der Waals surface area (Å²) in [5.41, 5.74) is 0. The average molecular weight is 768 g/mol. The van der Waals surface area contributed by atoms with Gasteiger partial charge in [0, 0.05) is 12.8 Å². The van der Waals surface area contributed by atoms with Crippen molar-refractivity contribution in [3.05, 3.63) is 5.21 Å². The summed E-state index contributed by atoms with van der Waals surface area (Å²) in [5.74, 6) is -2.87. The van der Waals surface area contributed by atoms with Gasteiger partial charge in [-0.3, -0.25) is 19.2 Å². The van der Waals surface area contributed by atoms with Gasteiger partial charge in [0.05, 0.1) is 13.0 Å². The minimum atomic E-state index is -1.52. The van der Waals surface area contributed by atoms with Gasteiger partial charge in [0.25, 0.3) is 0 Å². The number of esters is 2. The van der Waals surface area contributed by atoms with Gasteiger partial charge in [-0.05, 0) is 19.9 Å². The summed E-state index contributed by atoms with van der Waals surface area (Å²) in [6.45, 7) is 4.16. The van der Waals surface area contributed by atoms with Crippen molar-refractivity contribution in [3.8, 4) is 0 Å². The van der Waals surface area contributed by atoms with Crippen LogP contribution >= 0.6 is 0 Å². The van der Waals surface area contributed by atoms with E-state index in [0.717, 1.165) is 45.6 Å². The minimum Gasteiger partial charge on any atom is -0.785 e. The zero-order valence-electron chi connectivity index (χ0n) is 35.2. The van der Waals surface area contributed by atoms with E-state index in [1.54, 1.807) is 0 Å². The number of unbranched alkanes of at least 4 members (excludes halogenated alkanes) is 28. The molecule has 0 aromatic carbocycles. The van der Waals surface area contributed by atoms with E-state index < -0.39 is 36.4 Å². The summed E-state index contributed by atoms with van der Waals surface area (Å²) in [5, 5.41) is 23.5. The molecule has 0 aliphatic heterocycles. The van der Waals surface area contributed by atoms with Crippen molar-refractivity contribution in [2.24, 2.45) is 0 Å². The number of carboxylic acid groups (broad SMARTS) is 1. The number of hydrogen-bond acceptors (Lipinski definition) is 8. The van der Waals surface area contributed by atoms with Crippen molar-refractivity contribution < 1.29 is 33.8 Å². The number of carbonyl (C=O) groups is 4. The Labute approximate surface area is 330 Å². The number of aliphatic carboxylic acids is 1. The fourth-order valence-corrected chi connectivity index (χ4v) is 6.77. The molecule has 0 spiro atoms. The number of amides is 1. The third-order valence-corrected chi connectivity index (χ3v) is 10.3. The van der Waals surface area contributed by atoms with Gasteiger partial charge in [-0.15, -0.1) is 0 Å². The van der Waals surface area contributed by atoms with E-state index in [9.17, 15) is 29.5 Å². The van der Waals surface area contributed by atoms with Crippen LogP contribution in [-0.4, -0.2) is 66.3 Å². The molecular formula is C44H83N2O8-. The Kier molecular flexibility index (Phi) is 37.5. The number of carboxylic acids is 1. The first-order chi connectivity index (χ1) is 26.2. The molecule has 0 fully saturated rings. The standard InChI is InChI=1S/C44H83N2O8/c1-4-6-8-10-12-14-16-18-20-22-24-26-28-30-32-34-42(48)53-38-39(37-45-41(47)36-40(44(50)51)46(3)52)54-43(49)35-33-31-29-27-25-23-21-19-17-15-13-11-9-7-5-2/h39-40H,4-38H2,1-3H3,(H,45,47)(H,50,51)/q-1. The monoisotopic (exact) mass is 768 g/mol. The van der Waals surface area contributed by atoms with Crippen LogP contribution in [0.25, 0.3) is 0 Å². The second kappa shape index (κ2) is 39.1. The lowest BCUT2D eigenvalue weighted by Gasteiger charge is -2.29. The number of nitrogens with one attached hydrogen (secondary N) is 1. The molecule has 0 radical (unpaired) electrons. The van der Waals surface area contributed by atoms with Crippen LogP contribution in [0.1, 0.15) is 226 Å². The predicted molar refractivity (Wildman–Crippen MR) is 220 cm³/mol. The Hall–Kier alpha value is -2.20. The van der Waals surface area contributed by atoms with Gasteiger partial charge in [0.15, 0.2) is 6.10 Å². The highest BCUT2D eigenvalue weighted by Gasteiger charge is 2.23. The SMILES string of the molecule is CCCCCCCCCCCCCCCCCC(=O)OCC(CNC(=O)CC(C(=O)O)N(C)[O-])OC(=O)CCCCCCCCCCCCCCCCC. The normalized spacial score (nSPS) is 12.5. The van der Waals surface area contributed by atoms with Crippen molar-refractivity contribution in [2.45, 2.75) is 238 Å². The molecule has 318 valence electrons. The van der Waals surface area contributed by atoms with E-state index >= 15 is 0 Å². The summed E-state index contributed by atoms with van der Waals surface area (Å²) in [6, 6.07) is -1.52. The molecule has 0 heterocycles. The highest BCUT2D eigenvalue weighted by atomic mass is 16.6. The molecule has 0 saturated heterocycles. The predicted octanol–water partition coefficient (Wildman–Crippen LogP) is 11.4. The molecule has 0 aromatic heterocycles. The van der Waals surface area contributed by atoms with Crippen LogP contribution in [0.5, 0.6) is 0 Å². The summed E-state index contributed by atoms with van der Waals surface area (Å²) >= 11 is 0. The number of hydroxylamine groups is 2. The number of rotatable bonds is 41. The number of nitrogens with zero attached hydrogens (tertiary/aromatic N) is 1. The van der Waals surface area contributed by atoms with Gasteiger partial charge in [-0.1, -0.05) is 194 Å². The molecule has 54 heavy (non-hydrogen) atoms. The maximum absolute atomic E-state index is 12.7. The number of hydrogen-bond donors (Lipinski definition) is 2. The van der Waals surface area contributed by atoms with Crippen LogP contribution in [-0.2, 0) is 28.7 Å². The van der Waals surface area contributed by atoms with Gasteiger partial charge in [0.1, 0.15) is 12.6 Å². The molecule has 2 atom stereocenters. The highest BCUT2D eigenvalue weighted by molar-refractivity contribution is 5.84. The molecule has 0 aliphatic carbocycles. The van der Waals surface area contributed by atoms with E-state index in [0.29, 0.717) is 6.42 Å². The molecule has 0 saturated carbocycles. The Morgan fingerprint density at radius 3 is 1.22 bits per heavy atom. The lowest BCUT2D eigenvalue weighted by molar-refractivity contribution is -0.159. The van der Waals surface area contributed by atoms with E-state index in [1.165, 1.54) is 148 Å². The smallest absolute Gasteiger partial charge is 0.320 e. The van der Waals surface area contributed by atoms with Gasteiger partial charge >= 0.3 is 17.9 Å². The first-order valence-electron chi connectivity index (χ1n) is 22.5. The molecule has 0 aliphatic rings. The second-order valence-corrected chi connectivity index (χ2v) is 15.6. The highest BCUT2D eigenvalue weighted by Crippen LogP contribution is 2.16. The zero-order chi connectivity index (χ0) is 39.9. The van der Waals surface area contributed by atoms with Crippen LogP contribution in [0.3, 0.4) is 0 Å². The topological polar surface area (TPSA) is 145 Å². The molecular weight excluding hydrogens is 684 g/mol. The van der Waals surface area contributed by atoms with Gasteiger partial charge < -0.3 is 30.2 Å². The van der Waals surface area contributed by atoms with Crippen molar-refractivity contribution in [1.82, 2.24) is 10.4 Å².